The minimum Gasteiger partial charge on any atom is -0.493 e. The Morgan fingerprint density at radius 3 is 2.16 bits per heavy atom. The fourth-order valence-electron chi connectivity index (χ4n) is 4.02. The highest BCUT2D eigenvalue weighted by atomic mass is 19.1. The van der Waals surface area contributed by atoms with Crippen LogP contribution < -0.4 is 14.4 Å². The maximum absolute atomic E-state index is 13.7. The maximum Gasteiger partial charge on any atom is 0.337 e. The smallest absolute Gasteiger partial charge is 0.337 e. The van der Waals surface area contributed by atoms with Crippen LogP contribution in [0.4, 0.5) is 10.1 Å². The van der Waals surface area contributed by atoms with E-state index in [1.807, 2.05) is 6.07 Å². The standard InChI is InChI=1S/C25H22FNO5/c1-30-21-12-17-13-23(28)27(19-10-6-16(7-11-19)25(29)32-3)24(20(17)14-22(21)31-2)15-4-8-18(26)9-5-15/h4-12,14,24H,13H2,1-3H3/t24-/m0/s1. The van der Waals surface area contributed by atoms with Gasteiger partial charge in [0.15, 0.2) is 11.5 Å². The van der Waals surface area contributed by atoms with Gasteiger partial charge in [-0.05, 0) is 65.2 Å². The lowest BCUT2D eigenvalue weighted by atomic mass is 9.86. The molecule has 0 aliphatic carbocycles. The SMILES string of the molecule is COC(=O)c1ccc(N2C(=O)Cc3cc(OC)c(OC)cc3[C@@H]2c2ccc(F)cc2)cc1. The van der Waals surface area contributed by atoms with Crippen molar-refractivity contribution in [3.05, 3.63) is 88.7 Å². The molecule has 0 unspecified atom stereocenters. The van der Waals surface area contributed by atoms with Crippen LogP contribution in [0.5, 0.6) is 11.5 Å². The fraction of sp³-hybridized carbons (Fsp3) is 0.200. The zero-order valence-corrected chi connectivity index (χ0v) is 17.9. The van der Waals surface area contributed by atoms with Crippen molar-refractivity contribution in [2.45, 2.75) is 12.5 Å². The average Bonchev–Trinajstić information content (AvgIpc) is 2.82. The average molecular weight is 435 g/mol. The number of rotatable bonds is 5. The topological polar surface area (TPSA) is 65.1 Å². The molecule has 3 aromatic carbocycles. The molecule has 1 atom stereocenters. The van der Waals surface area contributed by atoms with E-state index < -0.39 is 12.0 Å². The Kier molecular flexibility index (Phi) is 5.81. The van der Waals surface area contributed by atoms with E-state index in [9.17, 15) is 14.0 Å². The van der Waals surface area contributed by atoms with Gasteiger partial charge in [-0.3, -0.25) is 4.79 Å². The van der Waals surface area contributed by atoms with E-state index >= 15 is 0 Å². The number of nitrogens with zero attached hydrogens (tertiary/aromatic N) is 1. The van der Waals surface area contributed by atoms with Crippen LogP contribution >= 0.6 is 0 Å². The lowest BCUT2D eigenvalue weighted by molar-refractivity contribution is -0.118. The number of anilines is 1. The van der Waals surface area contributed by atoms with Gasteiger partial charge in [0, 0.05) is 5.69 Å². The van der Waals surface area contributed by atoms with Gasteiger partial charge in [-0.2, -0.15) is 0 Å². The molecule has 1 aliphatic heterocycles. The van der Waals surface area contributed by atoms with Gasteiger partial charge in [-0.15, -0.1) is 0 Å². The number of esters is 1. The van der Waals surface area contributed by atoms with Crippen LogP contribution in [0, 0.1) is 5.82 Å². The van der Waals surface area contributed by atoms with E-state index in [4.69, 9.17) is 14.2 Å². The van der Waals surface area contributed by atoms with Crippen molar-refractivity contribution in [1.82, 2.24) is 0 Å². The monoisotopic (exact) mass is 435 g/mol. The first kappa shape index (κ1) is 21.4. The number of benzene rings is 3. The molecule has 6 nitrogen and oxygen atoms in total. The summed E-state index contributed by atoms with van der Waals surface area (Å²) >= 11 is 0. The van der Waals surface area contributed by atoms with Gasteiger partial charge in [-0.25, -0.2) is 9.18 Å². The van der Waals surface area contributed by atoms with Gasteiger partial charge >= 0.3 is 5.97 Å². The number of fused-ring (bicyclic) bond motifs is 1. The zero-order valence-electron chi connectivity index (χ0n) is 17.9. The third-order valence-electron chi connectivity index (χ3n) is 5.56. The Labute approximate surface area is 185 Å². The number of methoxy groups -OCH3 is 3. The number of carbonyl (C=O) groups excluding carboxylic acids is 2. The van der Waals surface area contributed by atoms with Crippen LogP contribution in [0.15, 0.2) is 60.7 Å². The first-order valence-corrected chi connectivity index (χ1v) is 9.97. The zero-order chi connectivity index (χ0) is 22.8. The number of hydrogen-bond donors (Lipinski definition) is 0. The van der Waals surface area contributed by atoms with Crippen molar-refractivity contribution < 1.29 is 28.2 Å². The number of halogens is 1. The molecule has 7 heteroatoms. The molecule has 1 amide bonds. The molecule has 0 bridgehead atoms. The summed E-state index contributed by atoms with van der Waals surface area (Å²) in [6, 6.07) is 15.8. The third kappa shape index (κ3) is 3.77. The molecular weight excluding hydrogens is 413 g/mol. The molecule has 0 saturated heterocycles. The summed E-state index contributed by atoms with van der Waals surface area (Å²) in [5.41, 5.74) is 3.39. The minimum atomic E-state index is -0.518. The van der Waals surface area contributed by atoms with E-state index in [0.29, 0.717) is 22.7 Å². The van der Waals surface area contributed by atoms with E-state index in [2.05, 4.69) is 0 Å². The number of amides is 1. The summed E-state index contributed by atoms with van der Waals surface area (Å²) in [5.74, 6) is 0.113. The first-order chi connectivity index (χ1) is 15.5. The molecule has 1 aliphatic rings. The Hall–Kier alpha value is -3.87. The molecule has 3 aromatic rings. The van der Waals surface area contributed by atoms with Crippen LogP contribution in [-0.4, -0.2) is 33.2 Å². The Bertz CT molecular complexity index is 1160. The largest absolute Gasteiger partial charge is 0.493 e. The van der Waals surface area contributed by atoms with E-state index in [1.165, 1.54) is 19.2 Å². The van der Waals surface area contributed by atoms with E-state index in [0.717, 1.165) is 16.7 Å². The highest BCUT2D eigenvalue weighted by molar-refractivity contribution is 5.99. The minimum absolute atomic E-state index is 0.134. The van der Waals surface area contributed by atoms with Crippen molar-refractivity contribution >= 4 is 17.6 Å². The Morgan fingerprint density at radius 2 is 1.56 bits per heavy atom. The van der Waals surface area contributed by atoms with Crippen molar-refractivity contribution in [1.29, 1.82) is 0 Å². The highest BCUT2D eigenvalue weighted by Gasteiger charge is 2.36. The molecule has 0 N–H and O–H groups in total. The number of carbonyl (C=O) groups is 2. The molecule has 0 aromatic heterocycles. The van der Waals surface area contributed by atoms with E-state index in [1.54, 1.807) is 61.6 Å². The summed E-state index contributed by atoms with van der Waals surface area (Å²) in [6.45, 7) is 0. The number of ether oxygens (including phenoxy) is 3. The second kappa shape index (κ2) is 8.70. The molecule has 0 saturated carbocycles. The first-order valence-electron chi connectivity index (χ1n) is 9.97. The summed E-state index contributed by atoms with van der Waals surface area (Å²) in [5, 5.41) is 0. The maximum atomic E-state index is 13.7. The molecule has 0 spiro atoms. The van der Waals surface area contributed by atoms with E-state index in [-0.39, 0.29) is 18.1 Å². The lowest BCUT2D eigenvalue weighted by Crippen LogP contribution is -2.41. The molecule has 1 heterocycles. The predicted molar refractivity (Wildman–Crippen MR) is 117 cm³/mol. The molecular formula is C25H22FNO5. The van der Waals surface area contributed by atoms with Crippen molar-refractivity contribution in [3.63, 3.8) is 0 Å². The molecule has 0 radical (unpaired) electrons. The molecule has 32 heavy (non-hydrogen) atoms. The Balaban J connectivity index is 1.88. The second-order valence-corrected chi connectivity index (χ2v) is 7.34. The molecule has 0 fully saturated rings. The van der Waals surface area contributed by atoms with Crippen LogP contribution in [-0.2, 0) is 16.0 Å². The van der Waals surface area contributed by atoms with Crippen LogP contribution in [0.1, 0.15) is 33.1 Å². The molecule has 4 rings (SSSR count). The van der Waals surface area contributed by atoms with Crippen molar-refractivity contribution in [2.75, 3.05) is 26.2 Å². The lowest BCUT2D eigenvalue weighted by Gasteiger charge is -2.38. The van der Waals surface area contributed by atoms with Crippen LogP contribution in [0.2, 0.25) is 0 Å². The highest BCUT2D eigenvalue weighted by Crippen LogP contribution is 2.43. The fourth-order valence-corrected chi connectivity index (χ4v) is 4.02. The van der Waals surface area contributed by atoms with Crippen molar-refractivity contribution in [2.24, 2.45) is 0 Å². The van der Waals surface area contributed by atoms with Gasteiger partial charge < -0.3 is 19.1 Å². The molecule has 164 valence electrons. The number of hydrogen-bond acceptors (Lipinski definition) is 5. The van der Waals surface area contributed by atoms with Gasteiger partial charge in [0.25, 0.3) is 0 Å². The van der Waals surface area contributed by atoms with Crippen molar-refractivity contribution in [3.8, 4) is 11.5 Å². The Morgan fingerprint density at radius 1 is 0.938 bits per heavy atom. The predicted octanol–water partition coefficient (Wildman–Crippen LogP) is 4.31. The summed E-state index contributed by atoms with van der Waals surface area (Å²) < 4.78 is 29.3. The van der Waals surface area contributed by atoms with Crippen LogP contribution in [0.3, 0.4) is 0 Å². The van der Waals surface area contributed by atoms with Gasteiger partial charge in [0.1, 0.15) is 5.82 Å². The van der Waals surface area contributed by atoms with Gasteiger partial charge in [-0.1, -0.05) is 12.1 Å². The summed E-state index contributed by atoms with van der Waals surface area (Å²) in [7, 11) is 4.41. The van der Waals surface area contributed by atoms with Gasteiger partial charge in [0.2, 0.25) is 5.91 Å². The normalized spacial score (nSPS) is 15.2. The van der Waals surface area contributed by atoms with Gasteiger partial charge in [0.05, 0.1) is 39.4 Å². The summed E-state index contributed by atoms with van der Waals surface area (Å²) in [4.78, 5) is 26.8. The third-order valence-corrected chi connectivity index (χ3v) is 5.56. The van der Waals surface area contributed by atoms with Crippen LogP contribution in [0.25, 0.3) is 0 Å². The summed E-state index contributed by atoms with van der Waals surface area (Å²) in [6.07, 6.45) is 0.159. The quantitative estimate of drug-likeness (QED) is 0.559. The second-order valence-electron chi connectivity index (χ2n) is 7.34.